The lowest BCUT2D eigenvalue weighted by molar-refractivity contribution is 0.0782. The minimum Gasteiger partial charge on any atom is -0.494 e. The van der Waals surface area contributed by atoms with Crippen LogP contribution in [-0.4, -0.2) is 48.4 Å². The maximum Gasteiger partial charge on any atom is 0.153 e. The van der Waals surface area contributed by atoms with Gasteiger partial charge in [-0.05, 0) is 43.7 Å². The molecule has 0 saturated carbocycles. The zero-order valence-corrected chi connectivity index (χ0v) is 20.4. The molecule has 35 heavy (non-hydrogen) atoms. The molecule has 2 aromatic heterocycles. The Morgan fingerprint density at radius 1 is 0.886 bits per heavy atom. The minimum absolute atomic E-state index is 0.740. The number of aromatic nitrogens is 2. The van der Waals surface area contributed by atoms with E-state index in [1.807, 2.05) is 48.7 Å². The summed E-state index contributed by atoms with van der Waals surface area (Å²) in [6.07, 6.45) is 3.69. The lowest BCUT2D eigenvalue weighted by Gasteiger charge is -2.37. The first-order valence-electron chi connectivity index (χ1n) is 11.9. The summed E-state index contributed by atoms with van der Waals surface area (Å²) in [4.78, 5) is 14.0. The third kappa shape index (κ3) is 4.47. The Kier molecular flexibility index (Phi) is 5.94. The van der Waals surface area contributed by atoms with Crippen LogP contribution in [0.15, 0.2) is 67.0 Å². The molecule has 0 atom stereocenters. The van der Waals surface area contributed by atoms with Crippen molar-refractivity contribution in [2.75, 3.05) is 48.8 Å². The van der Waals surface area contributed by atoms with E-state index < -0.39 is 5.60 Å². The number of piperazine rings is 1. The van der Waals surface area contributed by atoms with E-state index in [0.29, 0.717) is 0 Å². The quantitative estimate of drug-likeness (QED) is 0.418. The smallest absolute Gasteiger partial charge is 0.153 e. The number of aliphatic hydroxyl groups is 1. The lowest BCUT2D eigenvalue weighted by Crippen LogP contribution is -2.47. The molecule has 3 N–H and O–H groups in total. The number of para-hydroxylation sites is 1. The highest BCUT2D eigenvalue weighted by Crippen LogP contribution is 2.39. The topological polar surface area (TPSA) is 87.7 Å². The van der Waals surface area contributed by atoms with Crippen LogP contribution in [0, 0.1) is 0 Å². The van der Waals surface area contributed by atoms with Crippen LogP contribution in [0.25, 0.3) is 22.0 Å². The third-order valence-electron chi connectivity index (χ3n) is 6.65. The van der Waals surface area contributed by atoms with Crippen molar-refractivity contribution in [2.45, 2.75) is 19.4 Å². The zero-order chi connectivity index (χ0) is 24.6. The van der Waals surface area contributed by atoms with Crippen molar-refractivity contribution in [3.63, 3.8) is 0 Å². The monoisotopic (exact) mass is 469 g/mol. The number of methoxy groups -OCH3 is 1. The molecular weight excluding hydrogens is 438 g/mol. The van der Waals surface area contributed by atoms with E-state index in [2.05, 4.69) is 26.9 Å². The Balaban J connectivity index is 1.39. The Bertz CT molecular complexity index is 1320. The van der Waals surface area contributed by atoms with E-state index in [1.165, 1.54) is 0 Å². The molecule has 0 unspecified atom stereocenters. The van der Waals surface area contributed by atoms with Crippen LogP contribution in [0.2, 0.25) is 0 Å². The van der Waals surface area contributed by atoms with Crippen molar-refractivity contribution >= 4 is 28.1 Å². The van der Waals surface area contributed by atoms with Crippen molar-refractivity contribution in [1.82, 2.24) is 9.97 Å². The summed E-state index contributed by atoms with van der Waals surface area (Å²) in [5.41, 5.74) is 10.6. The molecule has 0 aliphatic carbocycles. The molecule has 0 spiro atoms. The van der Waals surface area contributed by atoms with Crippen molar-refractivity contribution in [2.24, 2.45) is 0 Å². The molecule has 1 aliphatic rings. The Labute approximate surface area is 205 Å². The van der Waals surface area contributed by atoms with Gasteiger partial charge in [0.05, 0.1) is 30.1 Å². The van der Waals surface area contributed by atoms with Crippen LogP contribution in [0.4, 0.5) is 17.2 Å². The van der Waals surface area contributed by atoms with E-state index in [9.17, 15) is 5.11 Å². The minimum atomic E-state index is -0.891. The summed E-state index contributed by atoms with van der Waals surface area (Å²) in [7, 11) is 1.72. The molecule has 4 aromatic rings. The van der Waals surface area contributed by atoms with Crippen molar-refractivity contribution in [1.29, 1.82) is 0 Å². The van der Waals surface area contributed by atoms with E-state index >= 15 is 0 Å². The maximum atomic E-state index is 10.2. The molecule has 5 rings (SSSR count). The Morgan fingerprint density at radius 2 is 1.60 bits per heavy atom. The van der Waals surface area contributed by atoms with Gasteiger partial charge in [0.1, 0.15) is 5.82 Å². The summed E-state index contributed by atoms with van der Waals surface area (Å²) >= 11 is 0. The van der Waals surface area contributed by atoms with Gasteiger partial charge in [-0.3, -0.25) is 4.98 Å². The first-order valence-corrected chi connectivity index (χ1v) is 11.9. The molecule has 0 amide bonds. The first-order chi connectivity index (χ1) is 16.8. The average molecular weight is 470 g/mol. The molecule has 1 saturated heterocycles. The van der Waals surface area contributed by atoms with Gasteiger partial charge in [0.25, 0.3) is 0 Å². The largest absolute Gasteiger partial charge is 0.494 e. The van der Waals surface area contributed by atoms with Gasteiger partial charge < -0.3 is 25.4 Å². The summed E-state index contributed by atoms with van der Waals surface area (Å²) < 4.78 is 5.93. The van der Waals surface area contributed by atoms with E-state index in [1.54, 1.807) is 27.2 Å². The van der Waals surface area contributed by atoms with Crippen LogP contribution in [-0.2, 0) is 5.60 Å². The van der Waals surface area contributed by atoms with Crippen LogP contribution in [0.5, 0.6) is 5.75 Å². The van der Waals surface area contributed by atoms with Gasteiger partial charge in [-0.25, -0.2) is 4.98 Å². The molecule has 0 radical (unpaired) electrons. The van der Waals surface area contributed by atoms with Gasteiger partial charge in [0.15, 0.2) is 5.75 Å². The molecular formula is C28H31N5O2. The fraction of sp³-hybridized carbons (Fsp3) is 0.286. The van der Waals surface area contributed by atoms with Gasteiger partial charge in [-0.15, -0.1) is 0 Å². The number of pyridine rings is 2. The van der Waals surface area contributed by atoms with Crippen molar-refractivity contribution in [3.8, 4) is 16.9 Å². The highest BCUT2D eigenvalue weighted by molar-refractivity contribution is 5.99. The first kappa shape index (κ1) is 22.9. The van der Waals surface area contributed by atoms with E-state index in [4.69, 9.17) is 15.5 Å². The molecule has 180 valence electrons. The summed E-state index contributed by atoms with van der Waals surface area (Å²) in [5.74, 6) is 1.77. The zero-order valence-electron chi connectivity index (χ0n) is 20.4. The SMILES string of the molecule is COc1c(N2CCN(c3ccc(C(C)(C)O)cn3)CC2)cnc2c(-c3ccc(N)cc3)cccc12. The number of fused-ring (bicyclic) bond motifs is 1. The van der Waals surface area contributed by atoms with Crippen LogP contribution < -0.4 is 20.3 Å². The van der Waals surface area contributed by atoms with Gasteiger partial charge in [-0.1, -0.05) is 30.3 Å². The molecule has 0 bridgehead atoms. The second kappa shape index (κ2) is 9.07. The fourth-order valence-electron chi connectivity index (χ4n) is 4.63. The number of nitrogens with zero attached hydrogens (tertiary/aromatic N) is 4. The van der Waals surface area contributed by atoms with Crippen LogP contribution >= 0.6 is 0 Å². The molecule has 7 heteroatoms. The van der Waals surface area contributed by atoms with Gasteiger partial charge in [0.2, 0.25) is 0 Å². The third-order valence-corrected chi connectivity index (χ3v) is 6.65. The number of nitrogen functional groups attached to an aromatic ring is 1. The lowest BCUT2D eigenvalue weighted by atomic mass is 10.0. The molecule has 1 fully saturated rings. The molecule has 2 aromatic carbocycles. The van der Waals surface area contributed by atoms with Gasteiger partial charge in [0, 0.05) is 54.6 Å². The number of benzene rings is 2. The standard InChI is InChI=1S/C28H31N5O2/c1-28(2,34)20-9-12-25(30-17-20)33-15-13-32(14-16-33)24-18-31-26-22(19-7-10-21(29)11-8-19)5-4-6-23(26)27(24)35-3/h4-12,17-18,34H,13-16,29H2,1-3H3. The Morgan fingerprint density at radius 3 is 2.23 bits per heavy atom. The number of nitrogens with two attached hydrogens (primary N) is 1. The number of hydrogen-bond acceptors (Lipinski definition) is 7. The number of ether oxygens (including phenoxy) is 1. The summed E-state index contributed by atoms with van der Waals surface area (Å²) in [6.45, 7) is 6.87. The van der Waals surface area contributed by atoms with Crippen LogP contribution in [0.1, 0.15) is 19.4 Å². The average Bonchev–Trinajstić information content (AvgIpc) is 2.88. The van der Waals surface area contributed by atoms with Crippen LogP contribution in [0.3, 0.4) is 0 Å². The number of rotatable bonds is 5. The highest BCUT2D eigenvalue weighted by atomic mass is 16.5. The predicted molar refractivity (Wildman–Crippen MR) is 142 cm³/mol. The second-order valence-corrected chi connectivity index (χ2v) is 9.44. The summed E-state index contributed by atoms with van der Waals surface area (Å²) in [5, 5.41) is 11.2. The van der Waals surface area contributed by atoms with Gasteiger partial charge >= 0.3 is 0 Å². The van der Waals surface area contributed by atoms with Crippen molar-refractivity contribution in [3.05, 3.63) is 72.6 Å². The maximum absolute atomic E-state index is 10.2. The normalized spacial score (nSPS) is 14.4. The number of hydrogen-bond donors (Lipinski definition) is 2. The molecule has 3 heterocycles. The fourth-order valence-corrected chi connectivity index (χ4v) is 4.63. The van der Waals surface area contributed by atoms with E-state index in [-0.39, 0.29) is 0 Å². The summed E-state index contributed by atoms with van der Waals surface area (Å²) in [6, 6.07) is 18.0. The highest BCUT2D eigenvalue weighted by Gasteiger charge is 2.24. The second-order valence-electron chi connectivity index (χ2n) is 9.44. The molecule has 7 nitrogen and oxygen atoms in total. The number of anilines is 3. The predicted octanol–water partition coefficient (Wildman–Crippen LogP) is 4.44. The molecule has 1 aliphatic heterocycles. The Hall–Kier alpha value is -3.84. The van der Waals surface area contributed by atoms with E-state index in [0.717, 1.165) is 76.7 Å². The van der Waals surface area contributed by atoms with Crippen molar-refractivity contribution < 1.29 is 9.84 Å². The van der Waals surface area contributed by atoms with Gasteiger partial charge in [-0.2, -0.15) is 0 Å².